The van der Waals surface area contributed by atoms with E-state index in [2.05, 4.69) is 10.2 Å². The molecule has 0 aliphatic heterocycles. The predicted molar refractivity (Wildman–Crippen MR) is 109 cm³/mol. The van der Waals surface area contributed by atoms with Gasteiger partial charge in [0.1, 0.15) is 0 Å². The van der Waals surface area contributed by atoms with Crippen LogP contribution < -0.4 is 0 Å². The highest BCUT2D eigenvalue weighted by Gasteiger charge is 2.33. The van der Waals surface area contributed by atoms with Crippen LogP contribution >= 0.6 is 11.6 Å². The second-order valence-electron chi connectivity index (χ2n) is 8.60. The lowest BCUT2D eigenvalue weighted by Gasteiger charge is -2.31. The summed E-state index contributed by atoms with van der Waals surface area (Å²) in [7, 11) is 0. The number of allylic oxidation sites excluding steroid dienone is 5. The van der Waals surface area contributed by atoms with Crippen LogP contribution in [0, 0.1) is 10.8 Å². The van der Waals surface area contributed by atoms with E-state index in [0.717, 1.165) is 16.7 Å². The number of azo groups is 1. The molecule has 0 bridgehead atoms. The topological polar surface area (TPSA) is 58.9 Å². The zero-order valence-corrected chi connectivity index (χ0v) is 17.4. The number of amides is 1. The maximum absolute atomic E-state index is 12.9. The minimum Gasteiger partial charge on any atom is -0.289 e. The number of carbonyl (C=O) groups excluding carboxylic acids is 2. The van der Waals surface area contributed by atoms with Crippen molar-refractivity contribution >= 4 is 23.3 Å². The molecule has 0 spiro atoms. The van der Waals surface area contributed by atoms with Crippen LogP contribution in [0.25, 0.3) is 0 Å². The lowest BCUT2D eigenvalue weighted by molar-refractivity contribution is -0.114. The first-order valence-corrected chi connectivity index (χ1v) is 9.17. The van der Waals surface area contributed by atoms with Crippen molar-refractivity contribution in [3.8, 4) is 0 Å². The number of ketones is 1. The van der Waals surface area contributed by atoms with Gasteiger partial charge in [-0.05, 0) is 52.8 Å². The van der Waals surface area contributed by atoms with Gasteiger partial charge in [-0.1, -0.05) is 53.1 Å². The normalized spacial score (nSPS) is 15.7. The van der Waals surface area contributed by atoms with Crippen LogP contribution in [-0.4, -0.2) is 11.7 Å². The van der Waals surface area contributed by atoms with Crippen molar-refractivity contribution in [2.75, 3.05) is 0 Å². The quantitative estimate of drug-likeness (QED) is 0.558. The van der Waals surface area contributed by atoms with Gasteiger partial charge in [-0.3, -0.25) is 9.59 Å². The first-order valence-electron chi connectivity index (χ1n) is 8.79. The molecule has 0 saturated carbocycles. The Morgan fingerprint density at radius 1 is 0.926 bits per heavy atom. The molecule has 0 N–H and O–H groups in total. The van der Waals surface area contributed by atoms with Crippen LogP contribution in [0.3, 0.4) is 0 Å². The molecule has 142 valence electrons. The molecule has 0 aromatic heterocycles. The van der Waals surface area contributed by atoms with E-state index in [-0.39, 0.29) is 16.6 Å². The molecule has 0 unspecified atom stereocenters. The van der Waals surface area contributed by atoms with Crippen LogP contribution in [0.15, 0.2) is 69.6 Å². The average molecular weight is 385 g/mol. The molecule has 1 amide bonds. The Kier molecular flexibility index (Phi) is 6.01. The molecule has 27 heavy (non-hydrogen) atoms. The average Bonchev–Trinajstić information content (AvgIpc) is 2.54. The third-order valence-corrected chi connectivity index (χ3v) is 4.43. The van der Waals surface area contributed by atoms with Gasteiger partial charge in [0.2, 0.25) is 0 Å². The van der Waals surface area contributed by atoms with Crippen LogP contribution in [-0.2, 0) is 4.79 Å². The third-order valence-electron chi connectivity index (χ3n) is 4.17. The van der Waals surface area contributed by atoms with Gasteiger partial charge in [0.05, 0.1) is 6.20 Å². The van der Waals surface area contributed by atoms with Gasteiger partial charge in [0.15, 0.2) is 5.78 Å². The molecule has 5 heteroatoms. The second-order valence-corrected chi connectivity index (χ2v) is 9.04. The van der Waals surface area contributed by atoms with Crippen molar-refractivity contribution in [1.29, 1.82) is 0 Å². The largest absolute Gasteiger partial charge is 0.295 e. The van der Waals surface area contributed by atoms with Gasteiger partial charge in [-0.25, -0.2) is 0 Å². The molecule has 4 nitrogen and oxygen atoms in total. The molecular formula is C22H25ClN2O2. The minimum atomic E-state index is -0.449. The van der Waals surface area contributed by atoms with Crippen molar-refractivity contribution in [3.63, 3.8) is 0 Å². The summed E-state index contributed by atoms with van der Waals surface area (Å²) in [6.07, 6.45) is 5.16. The molecule has 0 saturated heterocycles. The maximum atomic E-state index is 12.9. The van der Waals surface area contributed by atoms with E-state index in [4.69, 9.17) is 11.6 Å². The van der Waals surface area contributed by atoms with E-state index < -0.39 is 5.91 Å². The highest BCUT2D eigenvalue weighted by Crippen LogP contribution is 2.38. The Hall–Kier alpha value is -2.33. The summed E-state index contributed by atoms with van der Waals surface area (Å²) in [5.41, 5.74) is 2.02. The highest BCUT2D eigenvalue weighted by molar-refractivity contribution is 6.30. The molecule has 0 radical (unpaired) electrons. The van der Waals surface area contributed by atoms with E-state index in [1.807, 2.05) is 53.7 Å². The summed E-state index contributed by atoms with van der Waals surface area (Å²) >= 11 is 5.82. The summed E-state index contributed by atoms with van der Waals surface area (Å²) in [5, 5.41) is 8.22. The molecule has 1 aromatic rings. The third kappa shape index (κ3) is 5.33. The number of halogens is 1. The Balaban J connectivity index is 2.34. The standard InChI is InChI=1S/C22H25ClN2O2/c1-21(2,3)17-11-14(12-18(19(17)26)22(4,5)6)13-24-25-20(27)15-7-9-16(23)10-8-15/h7-13H,1-6H3/b25-24+. The zero-order chi connectivity index (χ0) is 20.4. The summed E-state index contributed by atoms with van der Waals surface area (Å²) in [6.45, 7) is 12.0. The van der Waals surface area contributed by atoms with Gasteiger partial charge in [-0.2, -0.15) is 5.11 Å². The highest BCUT2D eigenvalue weighted by atomic mass is 35.5. The number of hydrogen-bond donors (Lipinski definition) is 0. The number of nitrogens with zero attached hydrogens (tertiary/aromatic N) is 2. The van der Waals surface area contributed by atoms with Crippen LogP contribution in [0.5, 0.6) is 0 Å². The Labute approximate surface area is 165 Å². The lowest BCUT2D eigenvalue weighted by atomic mass is 9.72. The summed E-state index contributed by atoms with van der Waals surface area (Å²) in [6, 6.07) is 6.47. The monoisotopic (exact) mass is 384 g/mol. The van der Waals surface area contributed by atoms with Crippen LogP contribution in [0.4, 0.5) is 0 Å². The van der Waals surface area contributed by atoms with Crippen molar-refractivity contribution in [2.24, 2.45) is 21.1 Å². The van der Waals surface area contributed by atoms with Gasteiger partial charge < -0.3 is 0 Å². The van der Waals surface area contributed by atoms with Crippen molar-refractivity contribution in [1.82, 2.24) is 0 Å². The zero-order valence-electron chi connectivity index (χ0n) is 16.6. The van der Waals surface area contributed by atoms with Gasteiger partial charge in [-0.15, -0.1) is 5.11 Å². The SMILES string of the molecule is CC(C)(C)C1=CC(=C/N=N/C(=O)c2ccc(Cl)cc2)C=C(C(C)(C)C)C1=O. The molecule has 2 rings (SSSR count). The fourth-order valence-corrected chi connectivity index (χ4v) is 2.76. The van der Waals surface area contributed by atoms with Gasteiger partial charge >= 0.3 is 0 Å². The first-order chi connectivity index (χ1) is 12.4. The number of carbonyl (C=O) groups is 2. The maximum Gasteiger partial charge on any atom is 0.295 e. The molecule has 0 atom stereocenters. The Bertz CT molecular complexity index is 838. The number of rotatable bonds is 2. The number of benzene rings is 1. The first kappa shape index (κ1) is 21.0. The number of hydrogen-bond acceptors (Lipinski definition) is 3. The molecule has 1 aliphatic rings. The fourth-order valence-electron chi connectivity index (χ4n) is 2.64. The molecule has 1 aliphatic carbocycles. The van der Waals surface area contributed by atoms with E-state index in [0.29, 0.717) is 10.6 Å². The van der Waals surface area contributed by atoms with Crippen LogP contribution in [0.2, 0.25) is 5.02 Å². The fraction of sp³-hybridized carbons (Fsp3) is 0.364. The minimum absolute atomic E-state index is 0.0568. The molecule has 0 fully saturated rings. The summed E-state index contributed by atoms with van der Waals surface area (Å²) in [4.78, 5) is 25.0. The Morgan fingerprint density at radius 2 is 1.41 bits per heavy atom. The number of Topliss-reactive ketones (excluding diaryl/α,β-unsaturated/α-hetero) is 1. The Morgan fingerprint density at radius 3 is 1.85 bits per heavy atom. The van der Waals surface area contributed by atoms with Crippen molar-refractivity contribution in [3.05, 3.63) is 69.9 Å². The van der Waals surface area contributed by atoms with E-state index >= 15 is 0 Å². The lowest BCUT2D eigenvalue weighted by Crippen LogP contribution is -2.27. The van der Waals surface area contributed by atoms with Crippen molar-refractivity contribution < 1.29 is 9.59 Å². The predicted octanol–water partition coefficient (Wildman–Crippen LogP) is 6.34. The molecule has 0 heterocycles. The summed E-state index contributed by atoms with van der Waals surface area (Å²) in [5.74, 6) is -0.392. The van der Waals surface area contributed by atoms with Crippen molar-refractivity contribution in [2.45, 2.75) is 41.5 Å². The van der Waals surface area contributed by atoms with E-state index in [1.54, 1.807) is 24.3 Å². The summed E-state index contributed by atoms with van der Waals surface area (Å²) < 4.78 is 0. The molecule has 1 aromatic carbocycles. The van der Waals surface area contributed by atoms with E-state index in [9.17, 15) is 9.59 Å². The smallest absolute Gasteiger partial charge is 0.289 e. The van der Waals surface area contributed by atoms with E-state index in [1.165, 1.54) is 6.20 Å². The van der Waals surface area contributed by atoms with Gasteiger partial charge in [0, 0.05) is 21.7 Å². The van der Waals surface area contributed by atoms with Gasteiger partial charge in [0.25, 0.3) is 5.91 Å². The second kappa shape index (κ2) is 7.73. The van der Waals surface area contributed by atoms with Crippen LogP contribution in [0.1, 0.15) is 51.9 Å². The molecular weight excluding hydrogens is 360 g/mol.